The van der Waals surface area contributed by atoms with Crippen molar-refractivity contribution in [3.8, 4) is 0 Å². The van der Waals surface area contributed by atoms with Gasteiger partial charge in [-0.15, -0.1) is 5.10 Å². The van der Waals surface area contributed by atoms with Crippen molar-refractivity contribution in [1.82, 2.24) is 14.8 Å². The van der Waals surface area contributed by atoms with Crippen molar-refractivity contribution >= 4 is 23.4 Å². The number of halogens is 1. The molecule has 0 amide bonds. The molecule has 2 aromatic rings. The van der Waals surface area contributed by atoms with Gasteiger partial charge in [0.2, 0.25) is 0 Å². The van der Waals surface area contributed by atoms with Crippen LogP contribution in [-0.2, 0) is 13.0 Å². The summed E-state index contributed by atoms with van der Waals surface area (Å²) in [5.74, 6) is 0. The van der Waals surface area contributed by atoms with E-state index >= 15 is 0 Å². The first-order valence-corrected chi connectivity index (χ1v) is 7.57. The second kappa shape index (κ2) is 6.47. The second-order valence-electron chi connectivity index (χ2n) is 4.60. The molecule has 0 aliphatic rings. The lowest BCUT2D eigenvalue weighted by molar-refractivity contribution is 0.660. The van der Waals surface area contributed by atoms with E-state index in [4.69, 9.17) is 17.3 Å². The van der Waals surface area contributed by atoms with Gasteiger partial charge >= 0.3 is 5.69 Å². The normalized spacial score (nSPS) is 12.6. The number of benzene rings is 1. The highest BCUT2D eigenvalue weighted by Gasteiger charge is 2.11. The molecule has 0 aliphatic heterocycles. The van der Waals surface area contributed by atoms with Crippen molar-refractivity contribution in [1.29, 1.82) is 0 Å². The Morgan fingerprint density at radius 1 is 1.55 bits per heavy atom. The molecule has 20 heavy (non-hydrogen) atoms. The number of nitrogens with one attached hydrogen (secondary N) is 1. The first-order valence-electron chi connectivity index (χ1n) is 6.38. The third kappa shape index (κ3) is 3.45. The first kappa shape index (κ1) is 15.2. The van der Waals surface area contributed by atoms with Crippen LogP contribution in [0.4, 0.5) is 0 Å². The first-order chi connectivity index (χ1) is 9.51. The van der Waals surface area contributed by atoms with Crippen LogP contribution in [0.5, 0.6) is 0 Å². The van der Waals surface area contributed by atoms with Crippen molar-refractivity contribution in [3.63, 3.8) is 0 Å². The molecule has 5 nitrogen and oxygen atoms in total. The molecule has 7 heteroatoms. The summed E-state index contributed by atoms with van der Waals surface area (Å²) in [7, 11) is 0. The molecule has 3 N–H and O–H groups in total. The molecule has 108 valence electrons. The lowest BCUT2D eigenvalue weighted by Crippen LogP contribution is -2.17. The minimum atomic E-state index is -0.209. The van der Waals surface area contributed by atoms with E-state index in [0.29, 0.717) is 16.7 Å². The summed E-state index contributed by atoms with van der Waals surface area (Å²) in [4.78, 5) is 12.4. The topological polar surface area (TPSA) is 76.7 Å². The van der Waals surface area contributed by atoms with Crippen LogP contribution < -0.4 is 11.4 Å². The predicted molar refractivity (Wildman–Crippen MR) is 81.5 cm³/mol. The van der Waals surface area contributed by atoms with Gasteiger partial charge in [-0.2, -0.15) is 0 Å². The van der Waals surface area contributed by atoms with Crippen molar-refractivity contribution in [2.24, 2.45) is 5.73 Å². The monoisotopic (exact) mass is 312 g/mol. The number of hydrogen-bond donors (Lipinski definition) is 2. The fourth-order valence-corrected chi connectivity index (χ4v) is 3.11. The van der Waals surface area contributed by atoms with E-state index in [1.807, 2.05) is 32.0 Å². The van der Waals surface area contributed by atoms with E-state index in [-0.39, 0.29) is 11.7 Å². The summed E-state index contributed by atoms with van der Waals surface area (Å²) in [6.45, 7) is 4.42. The van der Waals surface area contributed by atoms with Crippen LogP contribution in [0.1, 0.15) is 19.4 Å². The Bertz CT molecular complexity index is 650. The van der Waals surface area contributed by atoms with Crippen LogP contribution in [0.3, 0.4) is 0 Å². The second-order valence-corrected chi connectivity index (χ2v) is 6.02. The van der Waals surface area contributed by atoms with E-state index in [0.717, 1.165) is 16.9 Å². The van der Waals surface area contributed by atoms with Gasteiger partial charge in [0.15, 0.2) is 5.16 Å². The zero-order valence-electron chi connectivity index (χ0n) is 11.4. The van der Waals surface area contributed by atoms with Gasteiger partial charge in [-0.1, -0.05) is 17.7 Å². The maximum Gasteiger partial charge on any atom is 0.343 e. The zero-order valence-corrected chi connectivity index (χ0v) is 13.0. The number of nitrogens with two attached hydrogens (primary N) is 1. The zero-order chi connectivity index (χ0) is 14.7. The van der Waals surface area contributed by atoms with E-state index in [1.54, 1.807) is 4.57 Å². The standard InChI is InChI=1S/C13H17ClN4OS/c1-3-18-12(19)16-17-13(18)20-11-5-4-9(6-8(2)15)7-10(11)14/h4-5,7-8H,3,6,15H2,1-2H3,(H,16,19). The molecule has 1 atom stereocenters. The Morgan fingerprint density at radius 2 is 2.30 bits per heavy atom. The number of hydrogen-bond acceptors (Lipinski definition) is 4. The van der Waals surface area contributed by atoms with Crippen molar-refractivity contribution in [3.05, 3.63) is 39.3 Å². The minimum absolute atomic E-state index is 0.0983. The highest BCUT2D eigenvalue weighted by molar-refractivity contribution is 7.99. The highest BCUT2D eigenvalue weighted by atomic mass is 35.5. The van der Waals surface area contributed by atoms with Gasteiger partial charge in [0.25, 0.3) is 0 Å². The predicted octanol–water partition coefficient (Wildman–Crippen LogP) is 2.29. The van der Waals surface area contributed by atoms with Gasteiger partial charge in [-0.25, -0.2) is 9.89 Å². The van der Waals surface area contributed by atoms with Gasteiger partial charge in [0, 0.05) is 17.5 Å². The quantitative estimate of drug-likeness (QED) is 0.888. The van der Waals surface area contributed by atoms with E-state index in [2.05, 4.69) is 10.2 Å². The SMILES string of the molecule is CCn1c(Sc2ccc(CC(C)N)cc2Cl)n[nH]c1=O. The van der Waals surface area contributed by atoms with Crippen LogP contribution in [-0.4, -0.2) is 20.8 Å². The summed E-state index contributed by atoms with van der Waals surface area (Å²) < 4.78 is 1.57. The largest absolute Gasteiger partial charge is 0.343 e. The average Bonchev–Trinajstić information content (AvgIpc) is 2.72. The van der Waals surface area contributed by atoms with Crippen molar-refractivity contribution in [2.75, 3.05) is 0 Å². The molecule has 0 radical (unpaired) electrons. The molecular weight excluding hydrogens is 296 g/mol. The van der Waals surface area contributed by atoms with Crippen molar-refractivity contribution in [2.45, 2.75) is 42.9 Å². The molecule has 2 rings (SSSR count). The van der Waals surface area contributed by atoms with E-state index in [1.165, 1.54) is 11.8 Å². The molecule has 1 aromatic heterocycles. The molecule has 0 spiro atoms. The average molecular weight is 313 g/mol. The number of aromatic amines is 1. The fourth-order valence-electron chi connectivity index (χ4n) is 1.88. The van der Waals surface area contributed by atoms with Crippen molar-refractivity contribution < 1.29 is 0 Å². The molecule has 0 saturated heterocycles. The van der Waals surface area contributed by atoms with Gasteiger partial charge in [-0.05, 0) is 49.7 Å². The summed E-state index contributed by atoms with van der Waals surface area (Å²) >= 11 is 7.65. The molecular formula is C13H17ClN4OS. The van der Waals surface area contributed by atoms with E-state index < -0.39 is 0 Å². The summed E-state index contributed by atoms with van der Waals surface area (Å²) in [5.41, 5.74) is 6.67. The molecule has 1 aromatic carbocycles. The molecule has 0 bridgehead atoms. The van der Waals surface area contributed by atoms with Crippen LogP contribution in [0.25, 0.3) is 0 Å². The van der Waals surface area contributed by atoms with Gasteiger partial charge < -0.3 is 5.73 Å². The van der Waals surface area contributed by atoms with Gasteiger partial charge in [-0.3, -0.25) is 4.57 Å². The summed E-state index contributed by atoms with van der Waals surface area (Å²) in [6.07, 6.45) is 0.784. The Labute approximate surface area is 126 Å². The van der Waals surface area contributed by atoms with Crippen LogP contribution in [0, 0.1) is 0 Å². The minimum Gasteiger partial charge on any atom is -0.328 e. The van der Waals surface area contributed by atoms with E-state index in [9.17, 15) is 4.79 Å². The number of rotatable bonds is 5. The number of aromatic nitrogens is 3. The fraction of sp³-hybridized carbons (Fsp3) is 0.385. The maximum atomic E-state index is 11.5. The highest BCUT2D eigenvalue weighted by Crippen LogP contribution is 2.32. The summed E-state index contributed by atoms with van der Waals surface area (Å²) in [5, 5.41) is 7.70. The molecule has 0 saturated carbocycles. The van der Waals surface area contributed by atoms with Crippen LogP contribution in [0.2, 0.25) is 5.02 Å². The van der Waals surface area contributed by atoms with Gasteiger partial charge in [0.05, 0.1) is 5.02 Å². The van der Waals surface area contributed by atoms with Crippen LogP contribution in [0.15, 0.2) is 33.0 Å². The Kier molecular flexibility index (Phi) is 4.91. The summed E-state index contributed by atoms with van der Waals surface area (Å²) in [6, 6.07) is 5.94. The lowest BCUT2D eigenvalue weighted by atomic mass is 10.1. The maximum absolute atomic E-state index is 11.5. The lowest BCUT2D eigenvalue weighted by Gasteiger charge is -2.08. The third-order valence-corrected chi connectivity index (χ3v) is 4.29. The molecule has 0 fully saturated rings. The molecule has 1 unspecified atom stereocenters. The number of nitrogens with zero attached hydrogens (tertiary/aromatic N) is 2. The smallest absolute Gasteiger partial charge is 0.328 e. The Morgan fingerprint density at radius 3 is 2.90 bits per heavy atom. The third-order valence-electron chi connectivity index (χ3n) is 2.79. The number of H-pyrrole nitrogens is 1. The molecule has 0 aliphatic carbocycles. The Hall–Kier alpha value is -1.24. The molecule has 1 heterocycles. The Balaban J connectivity index is 2.23. The van der Waals surface area contributed by atoms with Gasteiger partial charge in [0.1, 0.15) is 0 Å². The van der Waals surface area contributed by atoms with Crippen LogP contribution >= 0.6 is 23.4 Å².